The zero-order valence-corrected chi connectivity index (χ0v) is 17.0. The maximum absolute atomic E-state index is 13.1. The van der Waals surface area contributed by atoms with E-state index in [4.69, 9.17) is 9.47 Å². The van der Waals surface area contributed by atoms with Crippen LogP contribution in [0.2, 0.25) is 0 Å². The molecule has 6 nitrogen and oxygen atoms in total. The van der Waals surface area contributed by atoms with Crippen LogP contribution in [0.1, 0.15) is 24.4 Å². The second-order valence-electron chi connectivity index (χ2n) is 7.11. The molecule has 0 spiro atoms. The Bertz CT molecular complexity index is 1160. The third-order valence-corrected chi connectivity index (χ3v) is 4.62. The molecule has 0 fully saturated rings. The number of rotatable bonds is 8. The lowest BCUT2D eigenvalue weighted by Gasteiger charge is -2.16. The first-order valence-corrected chi connectivity index (χ1v) is 9.89. The molecule has 1 atom stereocenters. The summed E-state index contributed by atoms with van der Waals surface area (Å²) >= 11 is 0. The molecular weight excluding hydrogens is 397 g/mol. The van der Waals surface area contributed by atoms with Crippen molar-refractivity contribution in [2.45, 2.75) is 19.6 Å². The molecule has 0 unspecified atom stereocenters. The monoisotopic (exact) mass is 419 g/mol. The number of aromatic nitrogens is 2. The van der Waals surface area contributed by atoms with Crippen LogP contribution in [0, 0.1) is 5.82 Å². The lowest BCUT2D eigenvalue weighted by atomic mass is 10.2. The lowest BCUT2D eigenvalue weighted by molar-refractivity contribution is -0.120. The summed E-state index contributed by atoms with van der Waals surface area (Å²) in [6.07, 6.45) is 0. The van der Waals surface area contributed by atoms with Crippen molar-refractivity contribution in [3.05, 3.63) is 90.0 Å². The van der Waals surface area contributed by atoms with Crippen LogP contribution in [0.4, 0.5) is 4.39 Å². The molecule has 1 amide bonds. The topological polar surface area (TPSA) is 76.2 Å². The minimum atomic E-state index is -0.421. The van der Waals surface area contributed by atoms with Gasteiger partial charge in [0.1, 0.15) is 29.2 Å². The molecule has 0 saturated carbocycles. The summed E-state index contributed by atoms with van der Waals surface area (Å²) < 4.78 is 24.7. The number of imidazole rings is 1. The number of ether oxygens (including phenoxy) is 2. The van der Waals surface area contributed by atoms with Gasteiger partial charge in [0, 0.05) is 13.0 Å². The van der Waals surface area contributed by atoms with E-state index in [1.54, 1.807) is 18.2 Å². The van der Waals surface area contributed by atoms with E-state index >= 15 is 0 Å². The van der Waals surface area contributed by atoms with Gasteiger partial charge in [-0.2, -0.15) is 0 Å². The Morgan fingerprint density at radius 1 is 1.06 bits per heavy atom. The lowest BCUT2D eigenvalue weighted by Crippen LogP contribution is -2.30. The van der Waals surface area contributed by atoms with Crippen molar-refractivity contribution in [3.63, 3.8) is 0 Å². The number of carbonyl (C=O) groups excluding carboxylic acids is 1. The van der Waals surface area contributed by atoms with Gasteiger partial charge in [-0.25, -0.2) is 9.37 Å². The van der Waals surface area contributed by atoms with Crippen molar-refractivity contribution in [2.75, 3.05) is 6.61 Å². The first-order chi connectivity index (χ1) is 15.1. The predicted octanol–water partition coefficient (Wildman–Crippen LogP) is 4.89. The summed E-state index contributed by atoms with van der Waals surface area (Å²) in [6.45, 7) is 2.17. The van der Waals surface area contributed by atoms with Crippen LogP contribution >= 0.6 is 0 Å². The zero-order valence-electron chi connectivity index (χ0n) is 17.0. The molecule has 0 saturated heterocycles. The smallest absolute Gasteiger partial charge is 0.217 e. The van der Waals surface area contributed by atoms with Crippen molar-refractivity contribution in [1.29, 1.82) is 0 Å². The van der Waals surface area contributed by atoms with Gasteiger partial charge in [0.25, 0.3) is 0 Å². The van der Waals surface area contributed by atoms with Crippen LogP contribution in [-0.4, -0.2) is 22.5 Å². The summed E-state index contributed by atoms with van der Waals surface area (Å²) in [5, 5.41) is 2.88. The molecule has 0 aliphatic rings. The number of carbonyl (C=O) groups is 1. The highest BCUT2D eigenvalue weighted by Gasteiger charge is 2.18. The molecule has 3 aromatic carbocycles. The first-order valence-electron chi connectivity index (χ1n) is 9.89. The van der Waals surface area contributed by atoms with Crippen molar-refractivity contribution < 1.29 is 18.7 Å². The van der Waals surface area contributed by atoms with Gasteiger partial charge in [-0.15, -0.1) is 0 Å². The second kappa shape index (κ2) is 9.40. The van der Waals surface area contributed by atoms with Crippen LogP contribution in [0.15, 0.2) is 72.8 Å². The number of amides is 1. The van der Waals surface area contributed by atoms with E-state index in [9.17, 15) is 9.18 Å². The fourth-order valence-electron chi connectivity index (χ4n) is 3.18. The van der Waals surface area contributed by atoms with Crippen LogP contribution in [0.25, 0.3) is 11.0 Å². The van der Waals surface area contributed by atoms with Crippen molar-refractivity contribution in [3.8, 4) is 11.5 Å². The maximum Gasteiger partial charge on any atom is 0.217 e. The molecule has 7 heteroatoms. The van der Waals surface area contributed by atoms with Crippen molar-refractivity contribution >= 4 is 16.9 Å². The quantitative estimate of drug-likeness (QED) is 0.426. The summed E-state index contributed by atoms with van der Waals surface area (Å²) in [7, 11) is 0. The molecule has 1 heterocycles. The Labute approximate surface area is 179 Å². The molecule has 4 aromatic rings. The largest absolute Gasteiger partial charge is 0.457 e. The number of hydrogen-bond acceptors (Lipinski definition) is 4. The van der Waals surface area contributed by atoms with Gasteiger partial charge in [0.15, 0.2) is 0 Å². The van der Waals surface area contributed by atoms with Gasteiger partial charge in [-0.1, -0.05) is 30.3 Å². The summed E-state index contributed by atoms with van der Waals surface area (Å²) in [5.41, 5.74) is 2.55. The second-order valence-corrected chi connectivity index (χ2v) is 7.11. The van der Waals surface area contributed by atoms with Crippen LogP contribution in [0.3, 0.4) is 0 Å². The van der Waals surface area contributed by atoms with Gasteiger partial charge in [0.05, 0.1) is 24.2 Å². The number of nitrogens with zero attached hydrogens (tertiary/aromatic N) is 1. The van der Waals surface area contributed by atoms with Crippen LogP contribution < -0.4 is 10.1 Å². The van der Waals surface area contributed by atoms with E-state index in [-0.39, 0.29) is 18.3 Å². The Balaban J connectivity index is 1.49. The summed E-state index contributed by atoms with van der Waals surface area (Å²) in [5.74, 6) is 1.22. The average Bonchev–Trinajstić information content (AvgIpc) is 3.18. The average molecular weight is 419 g/mol. The normalized spacial score (nSPS) is 11.9. The molecule has 1 aromatic heterocycles. The highest BCUT2D eigenvalue weighted by molar-refractivity contribution is 5.77. The zero-order chi connectivity index (χ0) is 21.6. The van der Waals surface area contributed by atoms with Gasteiger partial charge in [-0.3, -0.25) is 4.79 Å². The van der Waals surface area contributed by atoms with Crippen LogP contribution in [0.5, 0.6) is 11.5 Å². The van der Waals surface area contributed by atoms with Crippen LogP contribution in [-0.2, 0) is 16.1 Å². The number of H-pyrrole nitrogens is 1. The number of nitrogens with one attached hydrogen (secondary N) is 2. The molecule has 31 heavy (non-hydrogen) atoms. The molecule has 0 radical (unpaired) electrons. The van der Waals surface area contributed by atoms with Gasteiger partial charge in [-0.05, 0) is 42.0 Å². The van der Waals surface area contributed by atoms with E-state index in [0.717, 1.165) is 16.6 Å². The highest BCUT2D eigenvalue weighted by Crippen LogP contribution is 2.26. The molecule has 2 N–H and O–H groups in total. The Kier molecular flexibility index (Phi) is 6.24. The Hall–Kier alpha value is -3.71. The number of fused-ring (bicyclic) bond motifs is 1. The molecule has 158 valence electrons. The predicted molar refractivity (Wildman–Crippen MR) is 115 cm³/mol. The summed E-state index contributed by atoms with van der Waals surface area (Å²) in [6, 6.07) is 20.6. The standard InChI is InChI=1S/C24H22FN3O3/c1-16(29)26-23(15-30-14-17-5-3-2-4-6-17)24-27-21-12-11-20(13-22(21)28-24)31-19-9-7-18(25)8-10-19/h2-13,23H,14-15H2,1H3,(H,26,29)(H,27,28)/t23-/m0/s1. The minimum absolute atomic E-state index is 0.172. The summed E-state index contributed by atoms with van der Waals surface area (Å²) in [4.78, 5) is 19.5. The number of aromatic amines is 1. The molecule has 4 rings (SSSR count). The fraction of sp³-hybridized carbons (Fsp3) is 0.167. The van der Waals surface area contributed by atoms with Crippen molar-refractivity contribution in [2.24, 2.45) is 0 Å². The maximum atomic E-state index is 13.1. The third kappa shape index (κ3) is 5.46. The fourth-order valence-corrected chi connectivity index (χ4v) is 3.18. The Morgan fingerprint density at radius 2 is 1.81 bits per heavy atom. The Morgan fingerprint density at radius 3 is 2.55 bits per heavy atom. The number of benzene rings is 3. The van der Waals surface area contributed by atoms with E-state index in [2.05, 4.69) is 15.3 Å². The minimum Gasteiger partial charge on any atom is -0.457 e. The number of hydrogen-bond donors (Lipinski definition) is 2. The molecular formula is C24H22FN3O3. The van der Waals surface area contributed by atoms with Crippen molar-refractivity contribution in [1.82, 2.24) is 15.3 Å². The van der Waals surface area contributed by atoms with Gasteiger partial charge in [0.2, 0.25) is 5.91 Å². The third-order valence-electron chi connectivity index (χ3n) is 4.62. The van der Waals surface area contributed by atoms with Gasteiger partial charge < -0.3 is 19.8 Å². The van der Waals surface area contributed by atoms with E-state index in [1.165, 1.54) is 19.1 Å². The van der Waals surface area contributed by atoms with E-state index in [0.29, 0.717) is 23.9 Å². The number of halogens is 1. The SMILES string of the molecule is CC(=O)N[C@@H](COCc1ccccc1)c1nc2ccc(Oc3ccc(F)cc3)cc2[nH]1. The van der Waals surface area contributed by atoms with E-state index < -0.39 is 6.04 Å². The molecule has 0 aliphatic heterocycles. The first kappa shape index (κ1) is 20.6. The van der Waals surface area contributed by atoms with Gasteiger partial charge >= 0.3 is 0 Å². The van der Waals surface area contributed by atoms with E-state index in [1.807, 2.05) is 42.5 Å². The molecule has 0 bridgehead atoms. The highest BCUT2D eigenvalue weighted by atomic mass is 19.1. The molecule has 0 aliphatic carbocycles.